The van der Waals surface area contributed by atoms with Gasteiger partial charge in [-0.2, -0.15) is 4.39 Å². The molecule has 0 aliphatic heterocycles. The highest BCUT2D eigenvalue weighted by molar-refractivity contribution is 7.47. The fourth-order valence-corrected chi connectivity index (χ4v) is 4.65. The van der Waals surface area contributed by atoms with E-state index >= 15 is 0 Å². The van der Waals surface area contributed by atoms with Crippen LogP contribution < -0.4 is 5.32 Å². The molecule has 9 nitrogen and oxygen atoms in total. The number of carbonyl (C=O) groups excluding carboxylic acids is 1. The van der Waals surface area contributed by atoms with Gasteiger partial charge in [-0.25, -0.2) is 14.5 Å². The summed E-state index contributed by atoms with van der Waals surface area (Å²) in [5.41, 5.74) is 3.72. The first-order valence-electron chi connectivity index (χ1n) is 11.0. The van der Waals surface area contributed by atoms with E-state index < -0.39 is 20.0 Å². The molecule has 0 aliphatic rings. The number of aromatic nitrogens is 3. The van der Waals surface area contributed by atoms with Gasteiger partial charge in [0.05, 0.1) is 6.61 Å². The molecule has 1 amide bonds. The number of pyridine rings is 2. The van der Waals surface area contributed by atoms with Crippen molar-refractivity contribution in [3.63, 3.8) is 0 Å². The number of carbonyl (C=O) groups is 1. The fraction of sp³-hybridized carbons (Fsp3) is 0.160. The normalized spacial score (nSPS) is 13.8. The Hall–Kier alpha value is -3.69. The molecule has 4 aromatic rings. The maximum atomic E-state index is 14.0. The molecule has 0 fully saturated rings. The molecule has 0 aliphatic carbocycles. The van der Waals surface area contributed by atoms with Crippen molar-refractivity contribution in [2.24, 2.45) is 0 Å². The molecular weight excluding hydrogens is 486 g/mol. The van der Waals surface area contributed by atoms with E-state index in [0.717, 1.165) is 11.1 Å². The number of benzene rings is 1. The highest BCUT2D eigenvalue weighted by atomic mass is 31.2. The van der Waals surface area contributed by atoms with Crippen molar-refractivity contribution >= 4 is 30.5 Å². The Labute approximate surface area is 206 Å². The van der Waals surface area contributed by atoms with Crippen LogP contribution in [-0.4, -0.2) is 31.9 Å². The van der Waals surface area contributed by atoms with Crippen LogP contribution in [0.1, 0.15) is 20.1 Å². The molecular formula is C25H24FN4O5P. The zero-order valence-corrected chi connectivity index (χ0v) is 20.5. The lowest BCUT2D eigenvalue weighted by atomic mass is 10.0. The summed E-state index contributed by atoms with van der Waals surface area (Å²) >= 11 is 0. The second-order valence-electron chi connectivity index (χ2n) is 7.78. The third-order valence-electron chi connectivity index (χ3n) is 5.33. The number of fused-ring (bicyclic) bond motifs is 1. The van der Waals surface area contributed by atoms with E-state index in [2.05, 4.69) is 21.9 Å². The average molecular weight is 510 g/mol. The van der Waals surface area contributed by atoms with Crippen LogP contribution in [0.25, 0.3) is 33.3 Å². The SMILES string of the molecule is C=CC(=O)Nc1cccc(-c2cnc3c(c2)c(-c2ccnc(F)c2)cn3C(C)OP(=O)(O)OCC)c1. The third-order valence-corrected chi connectivity index (χ3v) is 6.48. The van der Waals surface area contributed by atoms with E-state index in [1.54, 1.807) is 55.1 Å². The molecule has 4 rings (SSSR count). The monoisotopic (exact) mass is 510 g/mol. The molecule has 2 N–H and O–H groups in total. The van der Waals surface area contributed by atoms with E-state index in [1.807, 2.05) is 12.1 Å². The Bertz CT molecular complexity index is 1490. The van der Waals surface area contributed by atoms with Crippen LogP contribution in [-0.2, 0) is 18.4 Å². The quantitative estimate of drug-likeness (QED) is 0.169. The predicted molar refractivity (Wildman–Crippen MR) is 134 cm³/mol. The Balaban J connectivity index is 1.83. The second-order valence-corrected chi connectivity index (χ2v) is 9.18. The molecule has 2 atom stereocenters. The van der Waals surface area contributed by atoms with Gasteiger partial charge < -0.3 is 14.8 Å². The van der Waals surface area contributed by atoms with E-state index in [0.29, 0.717) is 27.8 Å². The van der Waals surface area contributed by atoms with Gasteiger partial charge in [-0.1, -0.05) is 18.7 Å². The zero-order valence-electron chi connectivity index (χ0n) is 19.6. The summed E-state index contributed by atoms with van der Waals surface area (Å²) in [6, 6.07) is 12.0. The van der Waals surface area contributed by atoms with Crippen molar-refractivity contribution in [2.75, 3.05) is 11.9 Å². The lowest BCUT2D eigenvalue weighted by molar-refractivity contribution is -0.111. The molecule has 36 heavy (non-hydrogen) atoms. The minimum Gasteiger partial charge on any atom is -0.323 e. The smallest absolute Gasteiger partial charge is 0.323 e. The topological polar surface area (TPSA) is 116 Å². The number of amides is 1. The molecule has 0 radical (unpaired) electrons. The first-order chi connectivity index (χ1) is 17.2. The van der Waals surface area contributed by atoms with Gasteiger partial charge in [0.2, 0.25) is 11.9 Å². The van der Waals surface area contributed by atoms with Crippen LogP contribution in [0.5, 0.6) is 0 Å². The maximum Gasteiger partial charge on any atom is 0.474 e. The van der Waals surface area contributed by atoms with Gasteiger partial charge in [-0.05, 0) is 55.3 Å². The number of rotatable bonds is 9. The van der Waals surface area contributed by atoms with Gasteiger partial charge >= 0.3 is 7.82 Å². The molecule has 0 saturated heterocycles. The molecule has 1 aromatic carbocycles. The molecule has 0 saturated carbocycles. The van der Waals surface area contributed by atoms with Crippen LogP contribution in [0.3, 0.4) is 0 Å². The molecule has 3 heterocycles. The van der Waals surface area contributed by atoms with Crippen LogP contribution in [0, 0.1) is 5.95 Å². The van der Waals surface area contributed by atoms with E-state index in [-0.39, 0.29) is 12.5 Å². The summed E-state index contributed by atoms with van der Waals surface area (Å²) in [7, 11) is -4.30. The molecule has 11 heteroatoms. The molecule has 2 unspecified atom stereocenters. The van der Waals surface area contributed by atoms with Crippen molar-refractivity contribution in [1.29, 1.82) is 0 Å². The second kappa shape index (κ2) is 10.5. The highest BCUT2D eigenvalue weighted by Crippen LogP contribution is 2.47. The lowest BCUT2D eigenvalue weighted by Gasteiger charge is -2.18. The van der Waals surface area contributed by atoms with Crippen LogP contribution >= 0.6 is 7.82 Å². The minimum atomic E-state index is -4.30. The lowest BCUT2D eigenvalue weighted by Crippen LogP contribution is -2.09. The summed E-state index contributed by atoms with van der Waals surface area (Å²) in [5.74, 6) is -0.981. The van der Waals surface area contributed by atoms with E-state index in [4.69, 9.17) is 9.05 Å². The summed E-state index contributed by atoms with van der Waals surface area (Å²) in [4.78, 5) is 29.9. The fourth-order valence-electron chi connectivity index (χ4n) is 3.77. The first kappa shape index (κ1) is 25.4. The Kier molecular flexibility index (Phi) is 7.42. The molecule has 0 bridgehead atoms. The number of phosphoric acid groups is 1. The summed E-state index contributed by atoms with van der Waals surface area (Å²) < 4.78 is 37.9. The number of hydrogen-bond acceptors (Lipinski definition) is 6. The van der Waals surface area contributed by atoms with Crippen molar-refractivity contribution in [2.45, 2.75) is 20.1 Å². The third kappa shape index (κ3) is 5.58. The van der Waals surface area contributed by atoms with Gasteiger partial charge in [0, 0.05) is 46.9 Å². The highest BCUT2D eigenvalue weighted by Gasteiger charge is 2.26. The zero-order chi connectivity index (χ0) is 25.9. The number of phosphoric ester groups is 1. The number of nitrogens with one attached hydrogen (secondary N) is 1. The minimum absolute atomic E-state index is 0.00237. The average Bonchev–Trinajstić information content (AvgIpc) is 3.23. The van der Waals surface area contributed by atoms with Gasteiger partial charge in [0.15, 0.2) is 0 Å². The van der Waals surface area contributed by atoms with Crippen molar-refractivity contribution in [3.8, 4) is 22.3 Å². The number of anilines is 1. The van der Waals surface area contributed by atoms with Gasteiger partial charge in [-0.3, -0.25) is 13.8 Å². The Morgan fingerprint density at radius 2 is 2.06 bits per heavy atom. The van der Waals surface area contributed by atoms with E-state index in [9.17, 15) is 18.6 Å². The number of halogens is 1. The first-order valence-corrected chi connectivity index (χ1v) is 12.5. The molecule has 186 valence electrons. The van der Waals surface area contributed by atoms with Crippen LogP contribution in [0.2, 0.25) is 0 Å². The van der Waals surface area contributed by atoms with Gasteiger partial charge in [0.25, 0.3) is 0 Å². The maximum absolute atomic E-state index is 14.0. The Morgan fingerprint density at radius 3 is 2.78 bits per heavy atom. The van der Waals surface area contributed by atoms with Gasteiger partial charge in [0.1, 0.15) is 11.9 Å². The van der Waals surface area contributed by atoms with Crippen molar-refractivity contribution in [1.82, 2.24) is 14.5 Å². The van der Waals surface area contributed by atoms with Crippen LogP contribution in [0.15, 0.2) is 73.7 Å². The molecule has 0 spiro atoms. The predicted octanol–water partition coefficient (Wildman–Crippen LogP) is 5.70. The molecule has 3 aromatic heterocycles. The summed E-state index contributed by atoms with van der Waals surface area (Å²) in [6.07, 6.45) is 4.92. The van der Waals surface area contributed by atoms with Crippen molar-refractivity contribution < 1.29 is 27.7 Å². The largest absolute Gasteiger partial charge is 0.474 e. The Morgan fingerprint density at radius 1 is 1.25 bits per heavy atom. The standard InChI is InChI=1S/C25H24FN4O5P/c1-4-24(31)29-20-8-6-7-17(11-20)19-12-21-22(18-9-10-27-23(26)13-18)15-30(25(21)28-14-19)16(3)35-36(32,33)34-5-2/h4,6-16H,1,5H2,2-3H3,(H,29,31)(H,32,33). The summed E-state index contributed by atoms with van der Waals surface area (Å²) in [6.45, 7) is 6.63. The number of hydrogen-bond donors (Lipinski definition) is 2. The summed E-state index contributed by atoms with van der Waals surface area (Å²) in [5, 5.41) is 3.38. The van der Waals surface area contributed by atoms with E-state index in [1.165, 1.54) is 18.3 Å². The van der Waals surface area contributed by atoms with Crippen LogP contribution in [0.4, 0.5) is 10.1 Å². The van der Waals surface area contributed by atoms with Crippen molar-refractivity contribution in [3.05, 3.63) is 79.7 Å². The number of nitrogens with zero attached hydrogens (tertiary/aromatic N) is 3. The van der Waals surface area contributed by atoms with Gasteiger partial charge in [-0.15, -0.1) is 0 Å².